The molecule has 1 aliphatic heterocycles. The van der Waals surface area contributed by atoms with E-state index in [1.54, 1.807) is 19.2 Å². The molecule has 1 saturated heterocycles. The maximum absolute atomic E-state index is 12.7. The predicted octanol–water partition coefficient (Wildman–Crippen LogP) is 0.599. The summed E-state index contributed by atoms with van der Waals surface area (Å²) in [6.07, 6.45) is 6.57. The summed E-state index contributed by atoms with van der Waals surface area (Å²) >= 11 is 0. The molecule has 1 saturated carbocycles. The average Bonchev–Trinajstić information content (AvgIpc) is 3.50. The fourth-order valence-corrected chi connectivity index (χ4v) is 4.54. The molecule has 4 rings (SSSR count). The lowest BCUT2D eigenvalue weighted by Gasteiger charge is -2.18. The first-order valence-electron chi connectivity index (χ1n) is 9.90. The van der Waals surface area contributed by atoms with Crippen LogP contribution in [0.15, 0.2) is 40.0 Å². The molecule has 30 heavy (non-hydrogen) atoms. The number of halogens is 1. The molecule has 2 heterocycles. The minimum absolute atomic E-state index is 0. The second-order valence-electron chi connectivity index (χ2n) is 7.49. The summed E-state index contributed by atoms with van der Waals surface area (Å²) in [5, 5.41) is 8.91. The van der Waals surface area contributed by atoms with Gasteiger partial charge in [-0.2, -0.15) is 0 Å². The second kappa shape index (κ2) is 9.63. The minimum atomic E-state index is -0.278. The van der Waals surface area contributed by atoms with Crippen molar-refractivity contribution >= 4 is 47.7 Å². The highest BCUT2D eigenvalue weighted by atomic mass is 127. The molecule has 4 unspecified atom stereocenters. The van der Waals surface area contributed by atoms with E-state index in [4.69, 9.17) is 4.42 Å². The van der Waals surface area contributed by atoms with E-state index in [-0.39, 0.29) is 71.1 Å². The Hall–Kier alpha value is -2.37. The van der Waals surface area contributed by atoms with Gasteiger partial charge in [-0.3, -0.25) is 24.3 Å². The molecule has 2 fully saturated rings. The number of carbonyl (C=O) groups is 3. The molecule has 162 valence electrons. The third kappa shape index (κ3) is 4.23. The van der Waals surface area contributed by atoms with Crippen molar-refractivity contribution in [3.8, 4) is 0 Å². The number of amides is 3. The summed E-state index contributed by atoms with van der Waals surface area (Å²) in [4.78, 5) is 42.6. The normalized spacial score (nSPS) is 26.6. The monoisotopic (exact) mass is 527 g/mol. The van der Waals surface area contributed by atoms with E-state index >= 15 is 0 Å². The number of furan rings is 1. The summed E-state index contributed by atoms with van der Waals surface area (Å²) in [7, 11) is 1.64. The largest absolute Gasteiger partial charge is 0.459 e. The highest BCUT2D eigenvalue weighted by Crippen LogP contribution is 2.52. The zero-order valence-electron chi connectivity index (χ0n) is 16.7. The van der Waals surface area contributed by atoms with Gasteiger partial charge in [0.25, 0.3) is 5.91 Å². The standard InChI is InChI=1S/C20H25N5O4.HI/c1-21-20(23-7-6-22-17(26)14-3-2-10-29-14)24-8-9-25-18(27)15-12-4-5-13(11-12)16(15)19(25)28;/h2-5,10,12-13,15-16H,6-9,11H2,1H3,(H,22,26)(H2,21,23,24);1H. The highest BCUT2D eigenvalue weighted by molar-refractivity contribution is 14.0. The van der Waals surface area contributed by atoms with E-state index in [1.807, 2.05) is 0 Å². The first kappa shape index (κ1) is 22.3. The van der Waals surface area contributed by atoms with E-state index in [0.717, 1.165) is 6.42 Å². The van der Waals surface area contributed by atoms with Crippen molar-refractivity contribution in [2.45, 2.75) is 6.42 Å². The maximum atomic E-state index is 12.7. The molecule has 4 atom stereocenters. The van der Waals surface area contributed by atoms with E-state index in [0.29, 0.717) is 32.1 Å². The van der Waals surface area contributed by atoms with Crippen LogP contribution in [0.3, 0.4) is 0 Å². The number of carbonyl (C=O) groups excluding carboxylic acids is 3. The van der Waals surface area contributed by atoms with Crippen LogP contribution in [0.25, 0.3) is 0 Å². The number of fused-ring (bicyclic) bond motifs is 5. The SMILES string of the molecule is CN=C(NCCNC(=O)c1ccco1)NCCN1C(=O)C2C3C=CC(C3)C2C1=O.I. The maximum Gasteiger partial charge on any atom is 0.287 e. The van der Waals surface area contributed by atoms with Crippen molar-refractivity contribution in [3.05, 3.63) is 36.3 Å². The summed E-state index contributed by atoms with van der Waals surface area (Å²) in [5.41, 5.74) is 0. The number of likely N-dealkylation sites (tertiary alicyclic amines) is 1. The number of nitrogens with one attached hydrogen (secondary N) is 3. The van der Waals surface area contributed by atoms with Crippen LogP contribution in [-0.2, 0) is 9.59 Å². The smallest absolute Gasteiger partial charge is 0.287 e. The molecule has 2 bridgehead atoms. The quantitative estimate of drug-likeness (QED) is 0.120. The zero-order chi connectivity index (χ0) is 20.4. The Morgan fingerprint density at radius 2 is 1.73 bits per heavy atom. The molecule has 3 amide bonds. The molecule has 0 spiro atoms. The molecule has 9 nitrogen and oxygen atoms in total. The number of aliphatic imine (C=N–C) groups is 1. The molecule has 3 N–H and O–H groups in total. The van der Waals surface area contributed by atoms with Gasteiger partial charge in [-0.05, 0) is 30.4 Å². The van der Waals surface area contributed by atoms with Gasteiger partial charge >= 0.3 is 0 Å². The summed E-state index contributed by atoms with van der Waals surface area (Å²) < 4.78 is 5.03. The first-order chi connectivity index (χ1) is 14.1. The number of hydrogen-bond donors (Lipinski definition) is 3. The van der Waals surface area contributed by atoms with Crippen LogP contribution in [0.2, 0.25) is 0 Å². The molecule has 1 aromatic rings. The first-order valence-corrected chi connectivity index (χ1v) is 9.90. The van der Waals surface area contributed by atoms with Crippen LogP contribution in [0, 0.1) is 23.7 Å². The van der Waals surface area contributed by atoms with E-state index in [1.165, 1.54) is 11.2 Å². The van der Waals surface area contributed by atoms with Gasteiger partial charge in [-0.1, -0.05) is 12.2 Å². The third-order valence-electron chi connectivity index (χ3n) is 5.86. The zero-order valence-corrected chi connectivity index (χ0v) is 19.0. The Labute approximate surface area is 191 Å². The van der Waals surface area contributed by atoms with Crippen LogP contribution in [0.1, 0.15) is 17.0 Å². The number of allylic oxidation sites excluding steroid dienone is 2. The molecule has 10 heteroatoms. The molecule has 0 aromatic carbocycles. The highest BCUT2D eigenvalue weighted by Gasteiger charge is 2.58. The van der Waals surface area contributed by atoms with Crippen molar-refractivity contribution in [1.82, 2.24) is 20.9 Å². The second-order valence-corrected chi connectivity index (χ2v) is 7.49. The van der Waals surface area contributed by atoms with Gasteiger partial charge in [-0.15, -0.1) is 24.0 Å². The lowest BCUT2D eigenvalue weighted by Crippen LogP contribution is -2.45. The molecule has 3 aliphatic rings. The van der Waals surface area contributed by atoms with Gasteiger partial charge in [0.2, 0.25) is 11.8 Å². The van der Waals surface area contributed by atoms with E-state index in [2.05, 4.69) is 33.1 Å². The fraction of sp³-hybridized carbons (Fsp3) is 0.500. The summed E-state index contributed by atoms with van der Waals surface area (Å²) in [5.74, 6) is 0.583. The molecular weight excluding hydrogens is 501 g/mol. The Morgan fingerprint density at radius 1 is 1.10 bits per heavy atom. The number of rotatable bonds is 7. The molecular formula is C20H26IN5O4. The number of hydrogen-bond acceptors (Lipinski definition) is 5. The van der Waals surface area contributed by atoms with Crippen molar-refractivity contribution in [2.75, 3.05) is 33.2 Å². The molecule has 1 aromatic heterocycles. The van der Waals surface area contributed by atoms with Gasteiger partial charge in [0, 0.05) is 33.2 Å². The number of nitrogens with zero attached hydrogens (tertiary/aromatic N) is 2. The van der Waals surface area contributed by atoms with Crippen LogP contribution in [0.5, 0.6) is 0 Å². The minimum Gasteiger partial charge on any atom is -0.459 e. The van der Waals surface area contributed by atoms with E-state index in [9.17, 15) is 14.4 Å². The predicted molar refractivity (Wildman–Crippen MR) is 120 cm³/mol. The number of guanidine groups is 1. The Morgan fingerprint density at radius 3 is 2.33 bits per heavy atom. The van der Waals surface area contributed by atoms with Gasteiger partial charge in [0.15, 0.2) is 11.7 Å². The number of imide groups is 1. The third-order valence-corrected chi connectivity index (χ3v) is 5.86. The van der Waals surface area contributed by atoms with Gasteiger partial charge in [-0.25, -0.2) is 0 Å². The van der Waals surface area contributed by atoms with Crippen molar-refractivity contribution in [1.29, 1.82) is 0 Å². The fourth-order valence-electron chi connectivity index (χ4n) is 4.54. The summed E-state index contributed by atoms with van der Waals surface area (Å²) in [6, 6.07) is 3.25. The molecule has 2 aliphatic carbocycles. The lowest BCUT2D eigenvalue weighted by molar-refractivity contribution is -0.140. The van der Waals surface area contributed by atoms with Crippen LogP contribution < -0.4 is 16.0 Å². The van der Waals surface area contributed by atoms with Crippen molar-refractivity contribution < 1.29 is 18.8 Å². The Balaban J connectivity index is 0.00000256. The Kier molecular flexibility index (Phi) is 7.16. The van der Waals surface area contributed by atoms with Gasteiger partial charge in [0.05, 0.1) is 18.1 Å². The summed E-state index contributed by atoms with van der Waals surface area (Å²) in [6.45, 7) is 1.59. The van der Waals surface area contributed by atoms with Gasteiger partial charge < -0.3 is 20.4 Å². The van der Waals surface area contributed by atoms with Crippen molar-refractivity contribution in [3.63, 3.8) is 0 Å². The van der Waals surface area contributed by atoms with Crippen LogP contribution in [-0.4, -0.2) is 61.8 Å². The Bertz CT molecular complexity index is 823. The van der Waals surface area contributed by atoms with Crippen molar-refractivity contribution in [2.24, 2.45) is 28.7 Å². The average molecular weight is 527 g/mol. The molecule has 0 radical (unpaired) electrons. The van der Waals surface area contributed by atoms with E-state index < -0.39 is 0 Å². The van der Waals surface area contributed by atoms with Crippen LogP contribution in [0.4, 0.5) is 0 Å². The lowest BCUT2D eigenvalue weighted by atomic mass is 9.85. The van der Waals surface area contributed by atoms with Gasteiger partial charge in [0.1, 0.15) is 0 Å². The topological polar surface area (TPSA) is 116 Å². The van der Waals surface area contributed by atoms with Crippen LogP contribution >= 0.6 is 24.0 Å².